The van der Waals surface area contributed by atoms with E-state index in [0.29, 0.717) is 12.2 Å². The molecule has 0 amide bonds. The van der Waals surface area contributed by atoms with Gasteiger partial charge >= 0.3 is 0 Å². The highest BCUT2D eigenvalue weighted by molar-refractivity contribution is 8.04. The summed E-state index contributed by atoms with van der Waals surface area (Å²) in [6.45, 7) is 0.702. The van der Waals surface area contributed by atoms with Gasteiger partial charge in [0.1, 0.15) is 6.04 Å². The van der Waals surface area contributed by atoms with Crippen molar-refractivity contribution in [2.24, 2.45) is 5.41 Å². The van der Waals surface area contributed by atoms with Gasteiger partial charge in [-0.15, -0.1) is 11.8 Å². The number of fused-ring (bicyclic) bond motifs is 3. The Morgan fingerprint density at radius 1 is 1.36 bits per heavy atom. The molecule has 7 rings (SSSR count). The van der Waals surface area contributed by atoms with E-state index in [4.69, 9.17) is 0 Å². The quantitative estimate of drug-likeness (QED) is 0.627. The molecule has 126 valence electrons. The van der Waals surface area contributed by atoms with Crippen LogP contribution in [0, 0.1) is 5.41 Å². The van der Waals surface area contributed by atoms with Crippen LogP contribution in [0.25, 0.3) is 5.70 Å². The molecule has 2 aliphatic carbocycles. The number of nitrogens with one attached hydrogen (secondary N) is 2. The van der Waals surface area contributed by atoms with Gasteiger partial charge in [0, 0.05) is 28.9 Å². The third kappa shape index (κ3) is 1.19. The number of aliphatic hydroxyl groups excluding tert-OH is 1. The van der Waals surface area contributed by atoms with Gasteiger partial charge in [0.2, 0.25) is 5.78 Å². The number of aromatic nitrogens is 1. The second-order valence-corrected chi connectivity index (χ2v) is 9.06. The van der Waals surface area contributed by atoms with Gasteiger partial charge in [-0.1, -0.05) is 0 Å². The molecule has 0 radical (unpaired) electrons. The minimum atomic E-state index is -0.768. The molecular formula is C18H15N3O3S. The molecule has 7 heteroatoms. The van der Waals surface area contributed by atoms with Crippen LogP contribution in [0.5, 0.6) is 0 Å². The normalized spacial score (nSPS) is 42.1. The average Bonchev–Trinajstić information content (AvgIpc) is 3.13. The van der Waals surface area contributed by atoms with Gasteiger partial charge in [-0.25, -0.2) is 0 Å². The molecule has 6 aliphatic rings. The first-order chi connectivity index (χ1) is 12.1. The first kappa shape index (κ1) is 13.4. The summed E-state index contributed by atoms with van der Waals surface area (Å²) in [6.07, 6.45) is 4.44. The first-order valence-corrected chi connectivity index (χ1v) is 9.62. The lowest BCUT2D eigenvalue weighted by atomic mass is 9.57. The van der Waals surface area contributed by atoms with Gasteiger partial charge < -0.3 is 15.0 Å². The predicted molar refractivity (Wildman–Crippen MR) is 90.7 cm³/mol. The summed E-state index contributed by atoms with van der Waals surface area (Å²) >= 11 is 1.61. The van der Waals surface area contributed by atoms with Crippen LogP contribution in [0.15, 0.2) is 22.8 Å². The smallest absolute Gasteiger partial charge is 0.200 e. The number of Topliss-reactive ketones (excluding diaryl/α,β-unsaturated/α-hetero) is 1. The summed E-state index contributed by atoms with van der Waals surface area (Å²) in [5, 5.41) is 14.9. The molecule has 3 N–H and O–H groups in total. The summed E-state index contributed by atoms with van der Waals surface area (Å²) in [7, 11) is 0. The Morgan fingerprint density at radius 2 is 2.24 bits per heavy atom. The van der Waals surface area contributed by atoms with Crippen molar-refractivity contribution in [3.05, 3.63) is 39.6 Å². The minimum Gasteiger partial charge on any atom is -0.389 e. The molecule has 1 aromatic heterocycles. The van der Waals surface area contributed by atoms with E-state index < -0.39 is 23.6 Å². The fraction of sp³-hybridized carbons (Fsp3) is 0.444. The number of piperidine rings is 1. The van der Waals surface area contributed by atoms with Crippen molar-refractivity contribution in [2.75, 3.05) is 6.54 Å². The zero-order chi connectivity index (χ0) is 16.7. The van der Waals surface area contributed by atoms with E-state index in [9.17, 15) is 14.7 Å². The van der Waals surface area contributed by atoms with Crippen LogP contribution in [0.2, 0.25) is 0 Å². The average molecular weight is 353 g/mol. The molecule has 25 heavy (non-hydrogen) atoms. The van der Waals surface area contributed by atoms with E-state index in [1.165, 1.54) is 0 Å². The summed E-state index contributed by atoms with van der Waals surface area (Å²) in [6, 6.07) is -0.930. The summed E-state index contributed by atoms with van der Waals surface area (Å²) < 4.78 is 0. The molecular weight excluding hydrogens is 338 g/mol. The standard InChI is InChI=1S/C18H15N3O3S/c22-7-3-8-18-4-9(25-8)20-13-11(18)15-10-6(5-19-12(10)16(13)23)1-2-21(15)14(7)17(18)24/h3,5,9,13-14,17,19-20,24H,1-2,4H2/t9-,13?,14?,17-,18+/m0/s1. The molecule has 1 spiro atoms. The van der Waals surface area contributed by atoms with Crippen LogP contribution < -0.4 is 5.32 Å². The first-order valence-electron chi connectivity index (χ1n) is 8.74. The summed E-state index contributed by atoms with van der Waals surface area (Å²) in [5.41, 5.74) is 4.27. The van der Waals surface area contributed by atoms with Gasteiger partial charge in [0.25, 0.3) is 0 Å². The van der Waals surface area contributed by atoms with Crippen molar-refractivity contribution in [1.29, 1.82) is 0 Å². The molecule has 2 saturated heterocycles. The third-order valence-corrected chi connectivity index (χ3v) is 8.24. The van der Waals surface area contributed by atoms with Gasteiger partial charge in [-0.3, -0.25) is 14.9 Å². The third-order valence-electron chi connectivity index (χ3n) is 6.91. The molecule has 3 bridgehead atoms. The fourth-order valence-electron chi connectivity index (χ4n) is 6.00. The highest BCUT2D eigenvalue weighted by Crippen LogP contribution is 2.67. The number of carbonyl (C=O) groups is 2. The van der Waals surface area contributed by atoms with Crippen LogP contribution in [0.4, 0.5) is 0 Å². The SMILES string of the molecule is O=C1c2[nH]cc3c2C2=C4C1N[C@@H]1C[C@@]45C(=CC(=O)C([C@@H]5O)N2CC3)S1. The number of thioether (sulfide) groups is 1. The van der Waals surface area contributed by atoms with E-state index in [1.807, 2.05) is 6.20 Å². The Kier molecular flexibility index (Phi) is 2.03. The number of hydrogen-bond acceptors (Lipinski definition) is 6. The highest BCUT2D eigenvalue weighted by Gasteiger charge is 2.68. The number of carbonyl (C=O) groups excluding carboxylic acids is 2. The Morgan fingerprint density at radius 3 is 3.12 bits per heavy atom. The minimum absolute atomic E-state index is 0.00582. The second-order valence-electron chi connectivity index (χ2n) is 7.82. The Bertz CT molecular complexity index is 992. The van der Waals surface area contributed by atoms with Crippen LogP contribution >= 0.6 is 11.8 Å². The lowest BCUT2D eigenvalue weighted by Gasteiger charge is -2.58. The van der Waals surface area contributed by atoms with E-state index in [0.717, 1.165) is 40.1 Å². The lowest BCUT2D eigenvalue weighted by molar-refractivity contribution is -0.128. The zero-order valence-corrected chi connectivity index (χ0v) is 14.0. The molecule has 5 atom stereocenters. The van der Waals surface area contributed by atoms with Crippen LogP contribution in [0.1, 0.15) is 28.0 Å². The van der Waals surface area contributed by atoms with E-state index >= 15 is 0 Å². The maximum absolute atomic E-state index is 13.2. The van der Waals surface area contributed by atoms with Crippen molar-refractivity contribution in [3.8, 4) is 0 Å². The summed E-state index contributed by atoms with van der Waals surface area (Å²) in [5.74, 6) is 0.0593. The Hall–Kier alpha value is -1.83. The van der Waals surface area contributed by atoms with Crippen molar-refractivity contribution in [2.45, 2.75) is 36.4 Å². The number of hydrogen-bond donors (Lipinski definition) is 3. The molecule has 0 saturated carbocycles. The number of ketones is 2. The predicted octanol–water partition coefficient (Wildman–Crippen LogP) is 0.411. The molecule has 5 heterocycles. The molecule has 6 nitrogen and oxygen atoms in total. The Balaban J connectivity index is 1.67. The maximum atomic E-state index is 13.2. The number of aliphatic hydroxyl groups is 1. The van der Waals surface area contributed by atoms with Gasteiger partial charge in [-0.05, 0) is 30.1 Å². The summed E-state index contributed by atoms with van der Waals surface area (Å²) in [4.78, 5) is 32.2. The topological polar surface area (TPSA) is 85.4 Å². The largest absolute Gasteiger partial charge is 0.389 e. The number of H-pyrrole nitrogens is 1. The second kappa shape index (κ2) is 3.79. The number of aromatic amines is 1. The van der Waals surface area contributed by atoms with Crippen LogP contribution in [0.3, 0.4) is 0 Å². The molecule has 2 unspecified atom stereocenters. The number of rotatable bonds is 0. The molecule has 4 aliphatic heterocycles. The van der Waals surface area contributed by atoms with Crippen molar-refractivity contribution in [3.63, 3.8) is 0 Å². The zero-order valence-electron chi connectivity index (χ0n) is 13.2. The fourth-order valence-corrected chi connectivity index (χ4v) is 7.56. The van der Waals surface area contributed by atoms with Crippen LogP contribution in [-0.4, -0.2) is 56.7 Å². The lowest BCUT2D eigenvalue weighted by Crippen LogP contribution is -2.67. The number of nitrogens with zero attached hydrogens (tertiary/aromatic N) is 1. The molecule has 1 aromatic rings. The van der Waals surface area contributed by atoms with Crippen molar-refractivity contribution >= 4 is 29.0 Å². The highest BCUT2D eigenvalue weighted by atomic mass is 32.2. The van der Waals surface area contributed by atoms with Crippen LogP contribution in [-0.2, 0) is 11.2 Å². The Labute approximate surface area is 147 Å². The van der Waals surface area contributed by atoms with Gasteiger partial charge in [-0.2, -0.15) is 0 Å². The van der Waals surface area contributed by atoms with Gasteiger partial charge in [0.15, 0.2) is 5.78 Å². The van der Waals surface area contributed by atoms with Gasteiger partial charge in [0.05, 0.1) is 28.6 Å². The maximum Gasteiger partial charge on any atom is 0.200 e. The van der Waals surface area contributed by atoms with E-state index in [2.05, 4.69) is 15.2 Å². The van der Waals surface area contributed by atoms with E-state index in [-0.39, 0.29) is 16.9 Å². The van der Waals surface area contributed by atoms with E-state index in [1.54, 1.807) is 17.8 Å². The molecule has 0 aromatic carbocycles. The van der Waals surface area contributed by atoms with Crippen molar-refractivity contribution < 1.29 is 14.7 Å². The monoisotopic (exact) mass is 353 g/mol. The molecule has 2 fully saturated rings. The van der Waals surface area contributed by atoms with Crippen molar-refractivity contribution in [1.82, 2.24) is 15.2 Å².